The van der Waals surface area contributed by atoms with E-state index in [0.29, 0.717) is 19.3 Å². The Morgan fingerprint density at radius 1 is 1.11 bits per heavy atom. The van der Waals surface area contributed by atoms with Crippen molar-refractivity contribution in [1.29, 1.82) is 0 Å². The molecule has 1 aromatic carbocycles. The number of ether oxygens (including phenoxy) is 1. The Morgan fingerprint density at radius 3 is 2.50 bits per heavy atom. The molecule has 1 aliphatic rings. The third-order valence-electron chi connectivity index (χ3n) is 4.36. The summed E-state index contributed by atoms with van der Waals surface area (Å²) >= 11 is 0. The molecule has 0 aliphatic heterocycles. The van der Waals surface area contributed by atoms with Crippen molar-refractivity contribution in [3.63, 3.8) is 0 Å². The first kappa shape index (κ1) is 13.6. The van der Waals surface area contributed by atoms with Gasteiger partial charge in [0.15, 0.2) is 0 Å². The Kier molecular flexibility index (Phi) is 4.79. The summed E-state index contributed by atoms with van der Waals surface area (Å²) in [5.41, 5.74) is 8.19. The van der Waals surface area contributed by atoms with Gasteiger partial charge < -0.3 is 10.5 Å². The summed E-state index contributed by atoms with van der Waals surface area (Å²) in [7, 11) is 0. The van der Waals surface area contributed by atoms with Crippen LogP contribution in [0.1, 0.15) is 44.2 Å². The normalized spacial score (nSPS) is 28.3. The molecule has 0 aromatic heterocycles. The highest BCUT2D eigenvalue weighted by Gasteiger charge is 2.24. The number of hydrogen-bond donors (Lipinski definition) is 1. The van der Waals surface area contributed by atoms with Gasteiger partial charge in [-0.25, -0.2) is 0 Å². The lowest BCUT2D eigenvalue weighted by molar-refractivity contribution is -0.00769. The van der Waals surface area contributed by atoms with Gasteiger partial charge >= 0.3 is 0 Å². The van der Waals surface area contributed by atoms with Gasteiger partial charge in [-0.2, -0.15) is 0 Å². The number of nitrogens with two attached hydrogens (primary N) is 1. The van der Waals surface area contributed by atoms with Crippen molar-refractivity contribution in [2.45, 2.75) is 52.4 Å². The fourth-order valence-corrected chi connectivity index (χ4v) is 2.75. The second kappa shape index (κ2) is 6.35. The van der Waals surface area contributed by atoms with Crippen molar-refractivity contribution in [3.8, 4) is 0 Å². The van der Waals surface area contributed by atoms with Crippen LogP contribution in [-0.2, 0) is 17.9 Å². The minimum atomic E-state index is 0.432. The van der Waals surface area contributed by atoms with Crippen molar-refractivity contribution in [2.75, 3.05) is 0 Å². The zero-order chi connectivity index (χ0) is 13.0. The lowest BCUT2D eigenvalue weighted by Crippen LogP contribution is -2.26. The minimum absolute atomic E-state index is 0.432. The summed E-state index contributed by atoms with van der Waals surface area (Å²) in [5, 5.41) is 0. The van der Waals surface area contributed by atoms with Gasteiger partial charge in [-0.05, 0) is 42.2 Å². The standard InChI is InChI=1S/C16H25NO/c1-12-7-8-16(9-13(12)2)18-11-15-6-4-3-5-14(15)10-17/h3-6,12-13,16H,7-11,17H2,1-2H3. The number of hydrogen-bond acceptors (Lipinski definition) is 2. The Morgan fingerprint density at radius 2 is 1.83 bits per heavy atom. The molecule has 0 spiro atoms. The van der Waals surface area contributed by atoms with Crippen LogP contribution in [0.15, 0.2) is 24.3 Å². The average molecular weight is 247 g/mol. The van der Waals surface area contributed by atoms with Crippen molar-refractivity contribution in [3.05, 3.63) is 35.4 Å². The number of rotatable bonds is 4. The van der Waals surface area contributed by atoms with E-state index in [2.05, 4.69) is 32.0 Å². The first-order valence-electron chi connectivity index (χ1n) is 7.09. The summed E-state index contributed by atoms with van der Waals surface area (Å²) < 4.78 is 6.07. The van der Waals surface area contributed by atoms with Crippen molar-refractivity contribution >= 4 is 0 Å². The average Bonchev–Trinajstić information content (AvgIpc) is 2.40. The SMILES string of the molecule is CC1CCC(OCc2ccccc2CN)CC1C. The highest BCUT2D eigenvalue weighted by atomic mass is 16.5. The van der Waals surface area contributed by atoms with E-state index in [9.17, 15) is 0 Å². The van der Waals surface area contributed by atoms with Crippen LogP contribution in [0.4, 0.5) is 0 Å². The first-order valence-corrected chi connectivity index (χ1v) is 7.09. The third-order valence-corrected chi connectivity index (χ3v) is 4.36. The molecule has 0 bridgehead atoms. The van der Waals surface area contributed by atoms with E-state index < -0.39 is 0 Å². The van der Waals surface area contributed by atoms with Gasteiger partial charge in [0, 0.05) is 6.54 Å². The van der Waals surface area contributed by atoms with E-state index in [1.165, 1.54) is 30.4 Å². The summed E-state index contributed by atoms with van der Waals surface area (Å²) in [6, 6.07) is 8.31. The van der Waals surface area contributed by atoms with Crippen molar-refractivity contribution in [2.24, 2.45) is 17.6 Å². The van der Waals surface area contributed by atoms with E-state index in [-0.39, 0.29) is 0 Å². The van der Waals surface area contributed by atoms with Crippen LogP contribution in [0.3, 0.4) is 0 Å². The fraction of sp³-hybridized carbons (Fsp3) is 0.625. The van der Waals surface area contributed by atoms with E-state index in [0.717, 1.165) is 11.8 Å². The molecule has 0 amide bonds. The maximum atomic E-state index is 6.07. The molecule has 1 aliphatic carbocycles. The molecule has 0 saturated heterocycles. The lowest BCUT2D eigenvalue weighted by Gasteiger charge is -2.32. The zero-order valence-electron chi connectivity index (χ0n) is 11.6. The smallest absolute Gasteiger partial charge is 0.0723 e. The molecule has 2 N–H and O–H groups in total. The Balaban J connectivity index is 1.88. The Hall–Kier alpha value is -0.860. The topological polar surface area (TPSA) is 35.2 Å². The summed E-state index contributed by atoms with van der Waals surface area (Å²) in [4.78, 5) is 0. The van der Waals surface area contributed by atoms with Crippen LogP contribution >= 0.6 is 0 Å². The van der Waals surface area contributed by atoms with Gasteiger partial charge in [0.2, 0.25) is 0 Å². The molecule has 0 radical (unpaired) electrons. The fourth-order valence-electron chi connectivity index (χ4n) is 2.75. The summed E-state index contributed by atoms with van der Waals surface area (Å²) in [6.45, 7) is 6.00. The predicted octanol–water partition coefficient (Wildman–Crippen LogP) is 3.49. The molecule has 100 valence electrons. The summed E-state index contributed by atoms with van der Waals surface area (Å²) in [6.07, 6.45) is 4.13. The molecule has 2 nitrogen and oxygen atoms in total. The quantitative estimate of drug-likeness (QED) is 0.884. The van der Waals surface area contributed by atoms with E-state index in [1.807, 2.05) is 6.07 Å². The highest BCUT2D eigenvalue weighted by molar-refractivity contribution is 5.26. The van der Waals surface area contributed by atoms with Gasteiger partial charge in [0.1, 0.15) is 0 Å². The molecule has 1 saturated carbocycles. The maximum Gasteiger partial charge on any atom is 0.0723 e. The second-order valence-electron chi connectivity index (χ2n) is 5.67. The number of benzene rings is 1. The molecule has 3 atom stereocenters. The molecule has 0 heterocycles. The van der Waals surface area contributed by atoms with Gasteiger partial charge in [0.25, 0.3) is 0 Å². The van der Waals surface area contributed by atoms with Gasteiger partial charge in [-0.3, -0.25) is 0 Å². The Labute approximate surface area is 111 Å². The van der Waals surface area contributed by atoms with Crippen LogP contribution in [0, 0.1) is 11.8 Å². The zero-order valence-corrected chi connectivity index (χ0v) is 11.6. The van der Waals surface area contributed by atoms with E-state index in [1.54, 1.807) is 0 Å². The van der Waals surface area contributed by atoms with Gasteiger partial charge in [-0.15, -0.1) is 0 Å². The minimum Gasteiger partial charge on any atom is -0.374 e. The molecule has 2 rings (SSSR count). The van der Waals surface area contributed by atoms with Crippen molar-refractivity contribution < 1.29 is 4.74 Å². The van der Waals surface area contributed by atoms with Crippen LogP contribution in [0.25, 0.3) is 0 Å². The van der Waals surface area contributed by atoms with E-state index >= 15 is 0 Å². The van der Waals surface area contributed by atoms with Crippen LogP contribution in [0.2, 0.25) is 0 Å². The molecular formula is C16H25NO. The van der Waals surface area contributed by atoms with Crippen LogP contribution in [0.5, 0.6) is 0 Å². The largest absolute Gasteiger partial charge is 0.374 e. The predicted molar refractivity (Wildman–Crippen MR) is 75.1 cm³/mol. The van der Waals surface area contributed by atoms with Gasteiger partial charge in [-0.1, -0.05) is 38.1 Å². The second-order valence-corrected chi connectivity index (χ2v) is 5.67. The third kappa shape index (κ3) is 3.33. The molecule has 2 heteroatoms. The van der Waals surface area contributed by atoms with Gasteiger partial charge in [0.05, 0.1) is 12.7 Å². The van der Waals surface area contributed by atoms with Crippen LogP contribution in [-0.4, -0.2) is 6.10 Å². The highest BCUT2D eigenvalue weighted by Crippen LogP contribution is 2.31. The molecule has 18 heavy (non-hydrogen) atoms. The lowest BCUT2D eigenvalue weighted by atomic mass is 9.80. The first-order chi connectivity index (χ1) is 8.70. The molecule has 1 fully saturated rings. The summed E-state index contributed by atoms with van der Waals surface area (Å²) in [5.74, 6) is 1.63. The molecular weight excluding hydrogens is 222 g/mol. The Bertz CT molecular complexity index is 377. The molecule has 3 unspecified atom stereocenters. The molecule has 1 aromatic rings. The monoisotopic (exact) mass is 247 g/mol. The van der Waals surface area contributed by atoms with Crippen LogP contribution < -0.4 is 5.73 Å². The van der Waals surface area contributed by atoms with Crippen molar-refractivity contribution in [1.82, 2.24) is 0 Å². The van der Waals surface area contributed by atoms with E-state index in [4.69, 9.17) is 10.5 Å². The maximum absolute atomic E-state index is 6.07.